The molecule has 1 aliphatic carbocycles. The second-order valence-electron chi connectivity index (χ2n) is 8.84. The Morgan fingerprint density at radius 3 is 2.67 bits per heavy atom. The summed E-state index contributed by atoms with van der Waals surface area (Å²) in [4.78, 5) is 20.1. The lowest BCUT2D eigenvalue weighted by Crippen LogP contribution is -2.46. The van der Waals surface area contributed by atoms with Crippen LogP contribution in [-0.2, 0) is 4.79 Å². The standard InChI is InChI=1S/C26H32FN3O2S/c1-18(29-21-11-13-30(14-12-21)26(31)19-7-4-3-5-8-19)24-15-20(27)17-28-25(24)32-22-9-6-10-23(16-22)33-2/h6,9-10,15-17,19,21,29H,1,3-5,7-8,11-14H2,2H3. The SMILES string of the molecule is C=C(NC1CCN(C(=O)C2CCCCC2)CC1)c1cc(F)cnc1Oc1cccc(SC)c1. The number of hydrogen-bond donors (Lipinski definition) is 1. The van der Waals surface area contributed by atoms with Crippen molar-refractivity contribution in [3.63, 3.8) is 0 Å². The Morgan fingerprint density at radius 1 is 1.18 bits per heavy atom. The molecule has 0 unspecified atom stereocenters. The number of ether oxygens (including phenoxy) is 1. The summed E-state index contributed by atoms with van der Waals surface area (Å²) < 4.78 is 20.0. The lowest BCUT2D eigenvalue weighted by molar-refractivity contribution is -0.137. The minimum Gasteiger partial charge on any atom is -0.438 e. The first-order valence-corrected chi connectivity index (χ1v) is 13.0. The molecule has 1 aliphatic heterocycles. The van der Waals surface area contributed by atoms with E-state index < -0.39 is 5.82 Å². The molecular formula is C26H32FN3O2S. The Balaban J connectivity index is 1.37. The summed E-state index contributed by atoms with van der Waals surface area (Å²) in [6.45, 7) is 5.63. The number of aromatic nitrogens is 1. The number of piperidine rings is 1. The maximum atomic E-state index is 14.0. The van der Waals surface area contributed by atoms with Gasteiger partial charge in [-0.1, -0.05) is 31.9 Å². The summed E-state index contributed by atoms with van der Waals surface area (Å²) in [6, 6.07) is 9.27. The van der Waals surface area contributed by atoms with Crippen LogP contribution in [0.1, 0.15) is 50.5 Å². The second kappa shape index (κ2) is 11.1. The predicted octanol–water partition coefficient (Wildman–Crippen LogP) is 5.87. The number of carbonyl (C=O) groups excluding carboxylic acids is 1. The Bertz CT molecular complexity index is 985. The molecular weight excluding hydrogens is 437 g/mol. The highest BCUT2D eigenvalue weighted by Crippen LogP contribution is 2.31. The molecule has 1 amide bonds. The van der Waals surface area contributed by atoms with Gasteiger partial charge in [0.25, 0.3) is 0 Å². The predicted molar refractivity (Wildman–Crippen MR) is 131 cm³/mol. The molecule has 0 spiro atoms. The van der Waals surface area contributed by atoms with Gasteiger partial charge in [-0.05, 0) is 56.2 Å². The van der Waals surface area contributed by atoms with Crippen LogP contribution < -0.4 is 10.1 Å². The number of carbonyl (C=O) groups is 1. The summed E-state index contributed by atoms with van der Waals surface area (Å²) in [5.74, 6) is 1.05. The van der Waals surface area contributed by atoms with Crippen LogP contribution in [0.15, 0.2) is 48.0 Å². The number of thioether (sulfide) groups is 1. The number of benzene rings is 1. The fraction of sp³-hybridized carbons (Fsp3) is 0.462. The molecule has 0 bridgehead atoms. The van der Waals surface area contributed by atoms with Crippen LogP contribution in [-0.4, -0.2) is 41.2 Å². The molecule has 7 heteroatoms. The number of likely N-dealkylation sites (tertiary alicyclic amines) is 1. The fourth-order valence-electron chi connectivity index (χ4n) is 4.68. The number of pyridine rings is 1. The van der Waals surface area contributed by atoms with E-state index in [4.69, 9.17) is 4.74 Å². The van der Waals surface area contributed by atoms with Crippen molar-refractivity contribution < 1.29 is 13.9 Å². The smallest absolute Gasteiger partial charge is 0.228 e. The lowest BCUT2D eigenvalue weighted by Gasteiger charge is -2.36. The van der Waals surface area contributed by atoms with Crippen molar-refractivity contribution in [3.05, 3.63) is 54.5 Å². The fourth-order valence-corrected chi connectivity index (χ4v) is 5.13. The number of rotatable bonds is 7. The van der Waals surface area contributed by atoms with Gasteiger partial charge < -0.3 is 15.0 Å². The molecule has 2 heterocycles. The van der Waals surface area contributed by atoms with Crippen LogP contribution in [0.4, 0.5) is 4.39 Å². The second-order valence-corrected chi connectivity index (χ2v) is 9.72. The average molecular weight is 470 g/mol. The van der Waals surface area contributed by atoms with Crippen molar-refractivity contribution >= 4 is 23.4 Å². The Morgan fingerprint density at radius 2 is 1.94 bits per heavy atom. The van der Waals surface area contributed by atoms with Crippen molar-refractivity contribution in [1.29, 1.82) is 0 Å². The van der Waals surface area contributed by atoms with Gasteiger partial charge in [-0.25, -0.2) is 9.37 Å². The molecule has 176 valence electrons. The van der Waals surface area contributed by atoms with Crippen molar-refractivity contribution in [3.8, 4) is 11.6 Å². The minimum atomic E-state index is -0.439. The van der Waals surface area contributed by atoms with Crippen LogP contribution in [0.5, 0.6) is 11.6 Å². The molecule has 1 aromatic carbocycles. The highest BCUT2D eigenvalue weighted by atomic mass is 32.2. The first-order chi connectivity index (χ1) is 16.0. The Kier molecular flexibility index (Phi) is 7.91. The van der Waals surface area contributed by atoms with Gasteiger partial charge in [0.1, 0.15) is 11.6 Å². The molecule has 1 N–H and O–H groups in total. The first kappa shape index (κ1) is 23.6. The quantitative estimate of drug-likeness (QED) is 0.514. The Labute approximate surface area is 199 Å². The molecule has 1 aromatic heterocycles. The number of nitrogens with one attached hydrogen (secondary N) is 1. The van der Waals surface area contributed by atoms with Crippen molar-refractivity contribution in [2.75, 3.05) is 19.3 Å². The van der Waals surface area contributed by atoms with Crippen LogP contribution in [0.2, 0.25) is 0 Å². The monoisotopic (exact) mass is 469 g/mol. The summed E-state index contributed by atoms with van der Waals surface area (Å²) in [5.41, 5.74) is 1.08. The summed E-state index contributed by atoms with van der Waals surface area (Å²) >= 11 is 1.62. The van der Waals surface area contributed by atoms with E-state index in [1.165, 1.54) is 25.3 Å². The van der Waals surface area contributed by atoms with Crippen molar-refractivity contribution in [2.45, 2.75) is 55.9 Å². The number of amides is 1. The van der Waals surface area contributed by atoms with Gasteiger partial charge >= 0.3 is 0 Å². The Hall–Kier alpha value is -2.54. The molecule has 5 nitrogen and oxygen atoms in total. The molecule has 1 saturated heterocycles. The van der Waals surface area contributed by atoms with Crippen LogP contribution in [0, 0.1) is 11.7 Å². The van der Waals surface area contributed by atoms with Gasteiger partial charge in [-0.3, -0.25) is 4.79 Å². The first-order valence-electron chi connectivity index (χ1n) is 11.8. The van der Waals surface area contributed by atoms with Gasteiger partial charge in [0.05, 0.1) is 11.8 Å². The molecule has 4 rings (SSSR count). The third-order valence-corrected chi connectivity index (χ3v) is 7.26. The van der Waals surface area contributed by atoms with Gasteiger partial charge in [-0.15, -0.1) is 11.8 Å². The molecule has 2 aliphatic rings. The zero-order valence-corrected chi connectivity index (χ0v) is 20.0. The van der Waals surface area contributed by atoms with E-state index in [9.17, 15) is 9.18 Å². The zero-order valence-electron chi connectivity index (χ0n) is 19.2. The van der Waals surface area contributed by atoms with E-state index in [1.54, 1.807) is 11.8 Å². The van der Waals surface area contributed by atoms with E-state index in [-0.39, 0.29) is 12.0 Å². The topological polar surface area (TPSA) is 54.5 Å². The van der Waals surface area contributed by atoms with E-state index >= 15 is 0 Å². The maximum Gasteiger partial charge on any atom is 0.228 e. The lowest BCUT2D eigenvalue weighted by atomic mass is 9.87. The van der Waals surface area contributed by atoms with Gasteiger partial charge in [-0.2, -0.15) is 0 Å². The average Bonchev–Trinajstić information content (AvgIpc) is 2.85. The zero-order chi connectivity index (χ0) is 23.2. The van der Waals surface area contributed by atoms with E-state index in [0.29, 0.717) is 28.8 Å². The van der Waals surface area contributed by atoms with Crippen molar-refractivity contribution in [2.24, 2.45) is 5.92 Å². The van der Waals surface area contributed by atoms with E-state index in [2.05, 4.69) is 16.9 Å². The highest BCUT2D eigenvalue weighted by Gasteiger charge is 2.29. The summed E-state index contributed by atoms with van der Waals surface area (Å²) in [6.07, 6.45) is 10.5. The van der Waals surface area contributed by atoms with Gasteiger partial charge in [0.15, 0.2) is 0 Å². The highest BCUT2D eigenvalue weighted by molar-refractivity contribution is 7.98. The normalized spacial score (nSPS) is 17.6. The molecule has 2 aromatic rings. The molecule has 2 fully saturated rings. The van der Waals surface area contributed by atoms with E-state index in [1.807, 2.05) is 35.4 Å². The summed E-state index contributed by atoms with van der Waals surface area (Å²) in [5, 5.41) is 3.43. The number of halogens is 1. The molecule has 0 atom stereocenters. The van der Waals surface area contributed by atoms with Gasteiger partial charge in [0.2, 0.25) is 11.8 Å². The molecule has 1 saturated carbocycles. The minimum absolute atomic E-state index is 0.170. The maximum absolute atomic E-state index is 14.0. The van der Waals surface area contributed by atoms with Crippen LogP contribution in [0.25, 0.3) is 5.70 Å². The van der Waals surface area contributed by atoms with Crippen LogP contribution >= 0.6 is 11.8 Å². The molecule has 0 radical (unpaired) electrons. The number of hydrogen-bond acceptors (Lipinski definition) is 5. The third kappa shape index (κ3) is 6.08. The summed E-state index contributed by atoms with van der Waals surface area (Å²) in [7, 11) is 0. The molecule has 33 heavy (non-hydrogen) atoms. The van der Waals surface area contributed by atoms with Gasteiger partial charge in [0, 0.05) is 35.6 Å². The number of nitrogens with zero attached hydrogens (tertiary/aromatic N) is 2. The third-order valence-electron chi connectivity index (χ3n) is 6.54. The largest absolute Gasteiger partial charge is 0.438 e. The van der Waals surface area contributed by atoms with Crippen molar-refractivity contribution in [1.82, 2.24) is 15.2 Å². The van der Waals surface area contributed by atoms with Crippen LogP contribution in [0.3, 0.4) is 0 Å². The van der Waals surface area contributed by atoms with E-state index in [0.717, 1.165) is 49.9 Å².